The number of carbonyl (C=O) groups is 2. The molecular formula is C18H21N4O4+. The largest absolute Gasteiger partial charge is 0.478 e. The minimum absolute atomic E-state index is 0.129. The van der Waals surface area contributed by atoms with E-state index in [9.17, 15) is 14.7 Å². The van der Waals surface area contributed by atoms with E-state index < -0.39 is 12.1 Å². The molecule has 1 saturated heterocycles. The third-order valence-electron chi connectivity index (χ3n) is 4.78. The fourth-order valence-corrected chi connectivity index (χ4v) is 3.20. The van der Waals surface area contributed by atoms with Crippen LogP contribution in [0.25, 0.3) is 0 Å². The smallest absolute Gasteiger partial charge is 0.407 e. The van der Waals surface area contributed by atoms with E-state index in [1.54, 1.807) is 12.3 Å². The van der Waals surface area contributed by atoms with E-state index in [1.807, 2.05) is 19.1 Å². The van der Waals surface area contributed by atoms with Gasteiger partial charge < -0.3 is 10.2 Å². The van der Waals surface area contributed by atoms with Gasteiger partial charge in [0.05, 0.1) is 24.3 Å². The second kappa shape index (κ2) is 7.09. The lowest BCUT2D eigenvalue weighted by Crippen LogP contribution is -2.61. The number of aromatic nitrogens is 2. The summed E-state index contributed by atoms with van der Waals surface area (Å²) in [6, 6.07) is 7.21. The number of nitrogens with zero attached hydrogens (tertiary/aromatic N) is 4. The molecule has 8 heteroatoms. The fraction of sp³-hybridized carbons (Fsp3) is 0.333. The van der Waals surface area contributed by atoms with E-state index >= 15 is 0 Å². The van der Waals surface area contributed by atoms with Crippen molar-refractivity contribution in [3.63, 3.8) is 0 Å². The maximum Gasteiger partial charge on any atom is 0.407 e. The number of amides is 1. The third-order valence-corrected chi connectivity index (χ3v) is 4.78. The summed E-state index contributed by atoms with van der Waals surface area (Å²) in [5.74, 6) is -0.297. The lowest BCUT2D eigenvalue weighted by molar-refractivity contribution is 0.0695. The highest BCUT2D eigenvalue weighted by Crippen LogP contribution is 2.26. The Kier molecular flexibility index (Phi) is 4.85. The first-order valence-corrected chi connectivity index (χ1v) is 8.35. The predicted molar refractivity (Wildman–Crippen MR) is 95.0 cm³/mol. The summed E-state index contributed by atoms with van der Waals surface area (Å²) in [5.41, 5.74) is 2.09. The summed E-state index contributed by atoms with van der Waals surface area (Å²) in [5, 5.41) is 18.3. The predicted octanol–water partition coefficient (Wildman–Crippen LogP) is 1.98. The van der Waals surface area contributed by atoms with Crippen LogP contribution in [0.15, 0.2) is 36.7 Å². The first-order valence-electron chi connectivity index (χ1n) is 8.35. The van der Waals surface area contributed by atoms with Gasteiger partial charge in [-0.05, 0) is 24.6 Å². The standard InChI is InChI=1S/C18H20N4O4/c1-13-2-4-15(19-10-13)12-22(8-6-21(7-9-22)18(25)26)16-5-3-14(11-20-16)17(23)24/h2-5,10-11H,6-9,12H2,1H3,(H-,23,24,25,26)/p+1. The molecule has 1 aliphatic heterocycles. The zero-order valence-electron chi connectivity index (χ0n) is 14.5. The van der Waals surface area contributed by atoms with Gasteiger partial charge >= 0.3 is 12.1 Å². The summed E-state index contributed by atoms with van der Waals surface area (Å²) in [4.78, 5) is 32.6. The molecule has 2 N–H and O–H groups in total. The van der Waals surface area contributed by atoms with Gasteiger partial charge in [-0.2, -0.15) is 0 Å². The van der Waals surface area contributed by atoms with Crippen molar-refractivity contribution in [2.24, 2.45) is 0 Å². The first kappa shape index (κ1) is 17.8. The highest BCUT2D eigenvalue weighted by molar-refractivity contribution is 5.87. The van der Waals surface area contributed by atoms with Gasteiger partial charge in [-0.15, -0.1) is 0 Å². The van der Waals surface area contributed by atoms with Crippen molar-refractivity contribution in [2.45, 2.75) is 13.5 Å². The summed E-state index contributed by atoms with van der Waals surface area (Å²) in [6.07, 6.45) is 2.23. The second-order valence-corrected chi connectivity index (χ2v) is 6.56. The Balaban J connectivity index is 1.92. The fourth-order valence-electron chi connectivity index (χ4n) is 3.20. The quantitative estimate of drug-likeness (QED) is 0.811. The average Bonchev–Trinajstić information content (AvgIpc) is 2.64. The topological polar surface area (TPSA) is 104 Å². The van der Waals surface area contributed by atoms with E-state index in [4.69, 9.17) is 5.11 Å². The highest BCUT2D eigenvalue weighted by atomic mass is 16.4. The van der Waals surface area contributed by atoms with Crippen LogP contribution in [0.3, 0.4) is 0 Å². The molecule has 0 radical (unpaired) electrons. The molecule has 2 aromatic heterocycles. The van der Waals surface area contributed by atoms with Crippen LogP contribution in [-0.4, -0.2) is 63.3 Å². The third kappa shape index (κ3) is 3.65. The minimum atomic E-state index is -1.02. The first-order chi connectivity index (χ1) is 12.4. The molecule has 0 saturated carbocycles. The van der Waals surface area contributed by atoms with E-state index in [0.29, 0.717) is 37.2 Å². The van der Waals surface area contributed by atoms with Crippen LogP contribution in [0.2, 0.25) is 0 Å². The molecule has 1 aliphatic rings. The number of rotatable bonds is 4. The average molecular weight is 357 g/mol. The van der Waals surface area contributed by atoms with Crippen LogP contribution in [0.1, 0.15) is 21.6 Å². The Labute approximate surface area is 150 Å². The number of pyridine rings is 2. The molecule has 1 fully saturated rings. The van der Waals surface area contributed by atoms with Crippen LogP contribution in [0, 0.1) is 6.92 Å². The molecule has 0 aromatic carbocycles. The number of carboxylic acids is 1. The van der Waals surface area contributed by atoms with Gasteiger partial charge in [-0.25, -0.2) is 14.6 Å². The van der Waals surface area contributed by atoms with E-state index in [2.05, 4.69) is 9.97 Å². The number of carboxylic acid groups (broad SMARTS) is 2. The van der Waals surface area contributed by atoms with Crippen molar-refractivity contribution in [1.82, 2.24) is 19.4 Å². The lowest BCUT2D eigenvalue weighted by atomic mass is 10.1. The lowest BCUT2D eigenvalue weighted by Gasteiger charge is -2.42. The summed E-state index contributed by atoms with van der Waals surface area (Å²) >= 11 is 0. The maximum absolute atomic E-state index is 11.2. The Bertz CT molecular complexity index is 797. The number of quaternary nitrogens is 1. The minimum Gasteiger partial charge on any atom is -0.478 e. The summed E-state index contributed by atoms with van der Waals surface area (Å²) < 4.78 is 0.444. The van der Waals surface area contributed by atoms with E-state index in [0.717, 1.165) is 17.1 Å². The molecule has 3 rings (SSSR count). The Morgan fingerprint density at radius 2 is 1.81 bits per heavy atom. The summed E-state index contributed by atoms with van der Waals surface area (Å²) in [6.45, 7) is 4.45. The number of aromatic carboxylic acids is 1. The Hall–Kier alpha value is -3.00. The van der Waals surface area contributed by atoms with Crippen LogP contribution < -0.4 is 4.48 Å². The van der Waals surface area contributed by atoms with Crippen LogP contribution in [-0.2, 0) is 6.54 Å². The Morgan fingerprint density at radius 3 is 2.31 bits per heavy atom. The monoisotopic (exact) mass is 357 g/mol. The van der Waals surface area contributed by atoms with Gasteiger partial charge in [-0.3, -0.25) is 14.4 Å². The van der Waals surface area contributed by atoms with Crippen LogP contribution in [0.5, 0.6) is 0 Å². The molecule has 2 aromatic rings. The molecule has 0 atom stereocenters. The van der Waals surface area contributed by atoms with Crippen molar-refractivity contribution in [3.05, 3.63) is 53.5 Å². The SMILES string of the molecule is Cc1ccc(C[N+]2(c3ccc(C(=O)O)cn3)CCN(C(=O)O)CC2)nc1. The van der Waals surface area contributed by atoms with Crippen LogP contribution in [0.4, 0.5) is 10.6 Å². The molecule has 136 valence electrons. The number of aryl methyl sites for hydroxylation is 1. The molecule has 0 spiro atoms. The maximum atomic E-state index is 11.2. The Morgan fingerprint density at radius 1 is 1.08 bits per heavy atom. The van der Waals surface area contributed by atoms with Gasteiger partial charge in [0, 0.05) is 18.5 Å². The normalized spacial score (nSPS) is 16.3. The molecule has 8 nitrogen and oxygen atoms in total. The van der Waals surface area contributed by atoms with Crippen molar-refractivity contribution >= 4 is 17.9 Å². The van der Waals surface area contributed by atoms with Crippen molar-refractivity contribution in [3.8, 4) is 0 Å². The van der Waals surface area contributed by atoms with Gasteiger partial charge in [0.15, 0.2) is 0 Å². The second-order valence-electron chi connectivity index (χ2n) is 6.56. The summed E-state index contributed by atoms with van der Waals surface area (Å²) in [7, 11) is 0. The van der Waals surface area contributed by atoms with Crippen molar-refractivity contribution in [2.75, 3.05) is 26.2 Å². The molecule has 0 bridgehead atoms. The molecule has 1 amide bonds. The van der Waals surface area contributed by atoms with Gasteiger partial charge in [0.1, 0.15) is 19.6 Å². The van der Waals surface area contributed by atoms with Crippen molar-refractivity contribution < 1.29 is 19.8 Å². The zero-order chi connectivity index (χ0) is 18.7. The molecule has 3 heterocycles. The number of hydrogen-bond acceptors (Lipinski definition) is 4. The van der Waals surface area contributed by atoms with E-state index in [1.165, 1.54) is 17.2 Å². The van der Waals surface area contributed by atoms with Crippen molar-refractivity contribution in [1.29, 1.82) is 0 Å². The number of hydrogen-bond donors (Lipinski definition) is 2. The van der Waals surface area contributed by atoms with Gasteiger partial charge in [0.25, 0.3) is 0 Å². The number of piperazine rings is 1. The zero-order valence-corrected chi connectivity index (χ0v) is 14.5. The van der Waals surface area contributed by atoms with Crippen LogP contribution >= 0.6 is 0 Å². The van der Waals surface area contributed by atoms with Gasteiger partial charge in [0.2, 0.25) is 5.82 Å². The van der Waals surface area contributed by atoms with Gasteiger partial charge in [-0.1, -0.05) is 6.07 Å². The molecule has 0 aliphatic carbocycles. The highest BCUT2D eigenvalue weighted by Gasteiger charge is 2.38. The molecule has 26 heavy (non-hydrogen) atoms. The molecule has 0 unspecified atom stereocenters. The van der Waals surface area contributed by atoms with E-state index in [-0.39, 0.29) is 5.56 Å². The molecular weight excluding hydrogens is 336 g/mol.